The smallest absolute Gasteiger partial charge is 0.358 e. The second-order valence-corrected chi connectivity index (χ2v) is 5.97. The van der Waals surface area contributed by atoms with Crippen molar-refractivity contribution in [1.29, 1.82) is 0 Å². The minimum absolute atomic E-state index is 0.0568. The lowest BCUT2D eigenvalue weighted by molar-refractivity contribution is 0.0518. The predicted molar refractivity (Wildman–Crippen MR) is 68.0 cm³/mol. The molecule has 0 radical (unpaired) electrons. The van der Waals surface area contributed by atoms with Crippen LogP contribution >= 0.6 is 0 Å². The van der Waals surface area contributed by atoms with E-state index in [1.54, 1.807) is 11.6 Å². The van der Waals surface area contributed by atoms with Crippen LogP contribution in [0.15, 0.2) is 6.07 Å². The maximum atomic E-state index is 11.5. The number of hydrogen-bond donors (Lipinski definition) is 0. The zero-order chi connectivity index (χ0) is 14.8. The van der Waals surface area contributed by atoms with E-state index in [1.807, 2.05) is 0 Å². The first-order valence-corrected chi connectivity index (χ1v) is 7.96. The van der Waals surface area contributed by atoms with E-state index in [1.165, 1.54) is 6.07 Å². The van der Waals surface area contributed by atoms with Crippen LogP contribution in [0, 0.1) is 0 Å². The van der Waals surface area contributed by atoms with Crippen molar-refractivity contribution < 1.29 is 26.9 Å². The molecule has 9 heteroatoms. The fraction of sp³-hybridized carbons (Fsp3) is 0.636. The van der Waals surface area contributed by atoms with Crippen molar-refractivity contribution in [1.82, 2.24) is 9.78 Å². The molecule has 1 unspecified atom stereocenters. The third-order valence-electron chi connectivity index (χ3n) is 2.65. The normalized spacial score (nSPS) is 18.2. The summed E-state index contributed by atoms with van der Waals surface area (Å²) in [6.07, 6.45) is 1.15. The molecule has 2 heterocycles. The first-order chi connectivity index (χ1) is 9.39. The highest BCUT2D eigenvalue weighted by atomic mass is 32.2. The average Bonchev–Trinajstić information content (AvgIpc) is 2.78. The Kier molecular flexibility index (Phi) is 4.29. The molecule has 0 spiro atoms. The first-order valence-electron chi connectivity index (χ1n) is 6.15. The van der Waals surface area contributed by atoms with Crippen molar-refractivity contribution in [2.45, 2.75) is 26.0 Å². The van der Waals surface area contributed by atoms with E-state index in [0.29, 0.717) is 18.8 Å². The summed E-state index contributed by atoms with van der Waals surface area (Å²) >= 11 is 0. The van der Waals surface area contributed by atoms with E-state index < -0.39 is 16.1 Å². The Hall–Kier alpha value is -1.61. The van der Waals surface area contributed by atoms with E-state index in [2.05, 4.69) is 5.10 Å². The molecule has 1 aromatic heterocycles. The number of nitrogens with zero attached hydrogens (tertiary/aromatic N) is 2. The van der Waals surface area contributed by atoms with E-state index in [4.69, 9.17) is 13.7 Å². The largest absolute Gasteiger partial charge is 0.472 e. The molecule has 0 bridgehead atoms. The zero-order valence-corrected chi connectivity index (χ0v) is 12.1. The van der Waals surface area contributed by atoms with Gasteiger partial charge in [-0.2, -0.15) is 13.5 Å². The molecule has 8 nitrogen and oxygen atoms in total. The van der Waals surface area contributed by atoms with Gasteiger partial charge < -0.3 is 9.47 Å². The quantitative estimate of drug-likeness (QED) is 0.565. The summed E-state index contributed by atoms with van der Waals surface area (Å²) in [5.74, 6) is -0.108. The van der Waals surface area contributed by atoms with E-state index in [0.717, 1.165) is 6.26 Å². The molecule has 0 aromatic carbocycles. The molecule has 0 saturated carbocycles. The predicted octanol–water partition coefficient (Wildman–Crippen LogP) is 0.187. The fourth-order valence-electron chi connectivity index (χ4n) is 1.77. The molecule has 0 aliphatic carbocycles. The Labute approximate surface area is 116 Å². The van der Waals surface area contributed by atoms with Crippen molar-refractivity contribution >= 4 is 16.1 Å². The second kappa shape index (κ2) is 5.80. The van der Waals surface area contributed by atoms with Gasteiger partial charge in [0, 0.05) is 19.0 Å². The third kappa shape index (κ3) is 3.70. The van der Waals surface area contributed by atoms with Gasteiger partial charge in [0.15, 0.2) is 5.69 Å². The van der Waals surface area contributed by atoms with Gasteiger partial charge in [-0.15, -0.1) is 0 Å². The number of fused-ring (bicyclic) bond motifs is 1. The van der Waals surface area contributed by atoms with Gasteiger partial charge in [-0.05, 0) is 6.92 Å². The Morgan fingerprint density at radius 2 is 2.35 bits per heavy atom. The number of hydrogen-bond acceptors (Lipinski definition) is 7. The molecular formula is C11H16N2O6S. The van der Waals surface area contributed by atoms with E-state index in [9.17, 15) is 13.2 Å². The number of aryl methyl sites for hydroxylation is 1. The van der Waals surface area contributed by atoms with Crippen LogP contribution in [0.5, 0.6) is 5.88 Å². The summed E-state index contributed by atoms with van der Waals surface area (Å²) in [4.78, 5) is 11.5. The van der Waals surface area contributed by atoms with Gasteiger partial charge >= 0.3 is 5.97 Å². The zero-order valence-electron chi connectivity index (χ0n) is 11.2. The van der Waals surface area contributed by atoms with Gasteiger partial charge in [0.05, 0.1) is 12.9 Å². The standard InChI is InChI=1S/C11H16N2O6S/c1-3-17-11(14)9-6-10-13(12-9)5-4-8(19-10)7-18-20(2,15)16/h6,8H,3-5,7H2,1-2H3. The van der Waals surface area contributed by atoms with Gasteiger partial charge in [0.25, 0.3) is 10.1 Å². The Bertz CT molecular complexity index is 594. The van der Waals surface area contributed by atoms with Gasteiger partial charge in [-0.1, -0.05) is 0 Å². The summed E-state index contributed by atoms with van der Waals surface area (Å²) in [7, 11) is -3.49. The maximum absolute atomic E-state index is 11.5. The van der Waals surface area contributed by atoms with Crippen molar-refractivity contribution in [3.63, 3.8) is 0 Å². The lowest BCUT2D eigenvalue weighted by Gasteiger charge is -2.23. The summed E-state index contributed by atoms with van der Waals surface area (Å²) in [6.45, 7) is 2.45. The maximum Gasteiger partial charge on any atom is 0.358 e. The number of aromatic nitrogens is 2. The van der Waals surface area contributed by atoms with Crippen LogP contribution in [0.1, 0.15) is 23.8 Å². The molecule has 1 atom stereocenters. The molecule has 0 amide bonds. The van der Waals surface area contributed by atoms with Gasteiger partial charge in [-0.3, -0.25) is 4.18 Å². The molecule has 1 aliphatic heterocycles. The Morgan fingerprint density at radius 3 is 3.00 bits per heavy atom. The molecule has 0 fully saturated rings. The summed E-state index contributed by atoms with van der Waals surface area (Å²) in [6, 6.07) is 1.48. The monoisotopic (exact) mass is 304 g/mol. The van der Waals surface area contributed by atoms with Crippen molar-refractivity contribution in [2.24, 2.45) is 0 Å². The van der Waals surface area contributed by atoms with Crippen LogP contribution in [-0.4, -0.2) is 49.7 Å². The minimum Gasteiger partial charge on any atom is -0.472 e. The molecule has 1 aromatic rings. The number of carbonyl (C=O) groups excluding carboxylic acids is 1. The van der Waals surface area contributed by atoms with Gasteiger partial charge in [-0.25, -0.2) is 9.48 Å². The Balaban J connectivity index is 2.01. The molecule has 20 heavy (non-hydrogen) atoms. The highest BCUT2D eigenvalue weighted by Crippen LogP contribution is 2.22. The van der Waals surface area contributed by atoms with Crippen LogP contribution in [0.3, 0.4) is 0 Å². The number of rotatable bonds is 5. The Morgan fingerprint density at radius 1 is 1.60 bits per heavy atom. The molecule has 0 N–H and O–H groups in total. The van der Waals surface area contributed by atoms with Crippen LogP contribution in [0.2, 0.25) is 0 Å². The lowest BCUT2D eigenvalue weighted by atomic mass is 10.2. The van der Waals surface area contributed by atoms with Gasteiger partial charge in [0.2, 0.25) is 5.88 Å². The number of ether oxygens (including phenoxy) is 2. The molecular weight excluding hydrogens is 288 g/mol. The topological polar surface area (TPSA) is 96.7 Å². The van der Waals surface area contributed by atoms with Crippen molar-refractivity contribution in [3.8, 4) is 5.88 Å². The summed E-state index contributed by atoms with van der Waals surface area (Å²) in [5, 5.41) is 4.07. The van der Waals surface area contributed by atoms with Crippen LogP contribution in [0.4, 0.5) is 0 Å². The van der Waals surface area contributed by atoms with Crippen molar-refractivity contribution in [3.05, 3.63) is 11.8 Å². The van der Waals surface area contributed by atoms with Crippen LogP contribution < -0.4 is 4.74 Å². The molecule has 1 aliphatic rings. The number of esters is 1. The van der Waals surface area contributed by atoms with E-state index >= 15 is 0 Å². The molecule has 2 rings (SSSR count). The summed E-state index contributed by atoms with van der Waals surface area (Å²) in [5.41, 5.74) is 0.173. The molecule has 112 valence electrons. The van der Waals surface area contributed by atoms with Crippen LogP contribution in [-0.2, 0) is 25.6 Å². The van der Waals surface area contributed by atoms with Gasteiger partial charge in [0.1, 0.15) is 12.7 Å². The van der Waals surface area contributed by atoms with Crippen molar-refractivity contribution in [2.75, 3.05) is 19.5 Å². The summed E-state index contributed by atoms with van der Waals surface area (Å²) < 4.78 is 38.5. The molecule has 0 saturated heterocycles. The third-order valence-corrected chi connectivity index (χ3v) is 3.21. The fourth-order valence-corrected chi connectivity index (χ4v) is 2.17. The second-order valence-electron chi connectivity index (χ2n) is 4.33. The lowest BCUT2D eigenvalue weighted by Crippen LogP contribution is -2.31. The average molecular weight is 304 g/mol. The highest BCUT2D eigenvalue weighted by molar-refractivity contribution is 7.85. The number of carbonyl (C=O) groups is 1. The van der Waals surface area contributed by atoms with E-state index in [-0.39, 0.29) is 25.0 Å². The van der Waals surface area contributed by atoms with Crippen LogP contribution in [0.25, 0.3) is 0 Å². The highest BCUT2D eigenvalue weighted by Gasteiger charge is 2.25. The minimum atomic E-state index is -3.49. The first kappa shape index (κ1) is 14.8. The SMILES string of the molecule is CCOC(=O)c1cc2n(n1)CCC(COS(C)(=O)=O)O2.